The van der Waals surface area contributed by atoms with Gasteiger partial charge in [-0.05, 0) is 60.0 Å². The van der Waals surface area contributed by atoms with Crippen LogP contribution in [-0.4, -0.2) is 40.8 Å². The zero-order valence-corrected chi connectivity index (χ0v) is 17.9. The summed E-state index contributed by atoms with van der Waals surface area (Å²) in [7, 11) is 3.22. The number of fused-ring (bicyclic) bond motifs is 1. The normalized spacial score (nSPS) is 11.1. The predicted molar refractivity (Wildman–Crippen MR) is 126 cm³/mol. The third-order valence-electron chi connectivity index (χ3n) is 4.98. The van der Waals surface area contributed by atoms with Crippen LogP contribution >= 0.6 is 0 Å². The van der Waals surface area contributed by atoms with Gasteiger partial charge in [-0.2, -0.15) is 0 Å². The predicted octanol–water partition coefficient (Wildman–Crippen LogP) is 4.57. The third-order valence-corrected chi connectivity index (χ3v) is 4.98. The number of methoxy groups -OCH3 is 2. The van der Waals surface area contributed by atoms with Gasteiger partial charge in [0.05, 0.1) is 14.2 Å². The average Bonchev–Trinajstić information content (AvgIpc) is 2.83. The summed E-state index contributed by atoms with van der Waals surface area (Å²) in [4.78, 5) is 13.3. The largest absolute Gasteiger partial charge is 0.506 e. The van der Waals surface area contributed by atoms with Crippen LogP contribution in [0.5, 0.6) is 17.2 Å². The first-order chi connectivity index (χ1) is 15.7. The molecule has 2 aromatic carbocycles. The number of aromatic hydroxyl groups is 1. The molecule has 0 spiro atoms. The number of anilines is 1. The van der Waals surface area contributed by atoms with Crippen molar-refractivity contribution >= 4 is 28.9 Å². The molecule has 0 aliphatic carbocycles. The van der Waals surface area contributed by atoms with E-state index in [1.807, 2.05) is 42.5 Å². The van der Waals surface area contributed by atoms with Crippen molar-refractivity contribution < 1.29 is 14.6 Å². The van der Waals surface area contributed by atoms with E-state index in [0.29, 0.717) is 35.2 Å². The summed E-state index contributed by atoms with van der Waals surface area (Å²) in [5.41, 5.74) is 2.56. The van der Waals surface area contributed by atoms with Crippen LogP contribution in [0.1, 0.15) is 17.0 Å². The van der Waals surface area contributed by atoms with E-state index in [4.69, 9.17) is 9.47 Å². The van der Waals surface area contributed by atoms with E-state index in [1.165, 1.54) is 5.56 Å². The zero-order valence-electron chi connectivity index (χ0n) is 17.9. The molecule has 32 heavy (non-hydrogen) atoms. The van der Waals surface area contributed by atoms with Crippen LogP contribution < -0.4 is 14.8 Å². The van der Waals surface area contributed by atoms with E-state index in [9.17, 15) is 5.11 Å². The Hall–Kier alpha value is -4.13. The molecule has 4 rings (SSSR count). The lowest BCUT2D eigenvalue weighted by Gasteiger charge is -2.11. The van der Waals surface area contributed by atoms with Gasteiger partial charge in [-0.1, -0.05) is 12.1 Å². The summed E-state index contributed by atoms with van der Waals surface area (Å²) >= 11 is 0. The number of phenolic OH excluding ortho intramolecular Hbond substituents is 1. The standard InChI is InChI=1S/C25H24N4O3/c1-31-19-14-18(15-20(16-19)32-2)6-7-23-28-24-21(4-3-5-22(24)30)25(29-23)27-13-10-17-8-11-26-12-9-17/h3-9,11-12,14-16,30H,10,13H2,1-2H3,(H,27,28,29)/b7-6+. The van der Waals surface area contributed by atoms with Crippen molar-refractivity contribution in [3.63, 3.8) is 0 Å². The number of nitrogens with one attached hydrogen (secondary N) is 1. The fourth-order valence-corrected chi connectivity index (χ4v) is 3.33. The molecule has 0 bridgehead atoms. The van der Waals surface area contributed by atoms with E-state index in [1.54, 1.807) is 44.8 Å². The van der Waals surface area contributed by atoms with Gasteiger partial charge in [0, 0.05) is 30.4 Å². The van der Waals surface area contributed by atoms with Crippen LogP contribution in [-0.2, 0) is 6.42 Å². The zero-order chi connectivity index (χ0) is 22.3. The van der Waals surface area contributed by atoms with E-state index in [2.05, 4.69) is 20.3 Å². The topological polar surface area (TPSA) is 89.4 Å². The Morgan fingerprint density at radius 3 is 2.41 bits per heavy atom. The maximum atomic E-state index is 10.4. The van der Waals surface area contributed by atoms with E-state index in [0.717, 1.165) is 17.4 Å². The summed E-state index contributed by atoms with van der Waals surface area (Å²) < 4.78 is 10.7. The van der Waals surface area contributed by atoms with Crippen LogP contribution in [0, 0.1) is 0 Å². The highest BCUT2D eigenvalue weighted by Gasteiger charge is 2.10. The maximum absolute atomic E-state index is 10.4. The van der Waals surface area contributed by atoms with Crippen molar-refractivity contribution in [2.75, 3.05) is 26.1 Å². The molecule has 0 amide bonds. The summed E-state index contributed by atoms with van der Waals surface area (Å²) in [6, 6.07) is 14.9. The first kappa shape index (κ1) is 21.1. The number of nitrogens with zero attached hydrogens (tertiary/aromatic N) is 3. The van der Waals surface area contributed by atoms with Gasteiger partial charge in [-0.15, -0.1) is 0 Å². The Balaban J connectivity index is 1.63. The van der Waals surface area contributed by atoms with E-state index >= 15 is 0 Å². The number of rotatable bonds is 8. The molecule has 2 heterocycles. The number of benzene rings is 2. The van der Waals surface area contributed by atoms with Crippen LogP contribution in [0.3, 0.4) is 0 Å². The second-order valence-electron chi connectivity index (χ2n) is 7.12. The highest BCUT2D eigenvalue weighted by molar-refractivity contribution is 5.93. The van der Waals surface area contributed by atoms with Crippen molar-refractivity contribution in [2.45, 2.75) is 6.42 Å². The van der Waals surface area contributed by atoms with Crippen molar-refractivity contribution in [1.29, 1.82) is 0 Å². The van der Waals surface area contributed by atoms with Gasteiger partial charge < -0.3 is 19.9 Å². The molecule has 0 atom stereocenters. The molecule has 7 heteroatoms. The number of hydrogen-bond donors (Lipinski definition) is 2. The van der Waals surface area contributed by atoms with Crippen molar-refractivity contribution in [2.24, 2.45) is 0 Å². The number of pyridine rings is 1. The summed E-state index contributed by atoms with van der Waals surface area (Å²) in [6.07, 6.45) is 8.07. The van der Waals surface area contributed by atoms with Gasteiger partial charge in [0.25, 0.3) is 0 Å². The average molecular weight is 428 g/mol. The number of ether oxygens (including phenoxy) is 2. The third kappa shape index (κ3) is 4.95. The fourth-order valence-electron chi connectivity index (χ4n) is 3.33. The number of hydrogen-bond acceptors (Lipinski definition) is 7. The molecule has 7 nitrogen and oxygen atoms in total. The molecule has 0 unspecified atom stereocenters. The minimum absolute atomic E-state index is 0.111. The van der Waals surface area contributed by atoms with Gasteiger partial charge in [-0.25, -0.2) is 9.97 Å². The number of phenols is 1. The summed E-state index contributed by atoms with van der Waals surface area (Å²) in [5.74, 6) is 2.65. The van der Waals surface area contributed by atoms with Crippen LogP contribution in [0.4, 0.5) is 5.82 Å². The molecule has 2 aromatic heterocycles. The molecule has 2 N–H and O–H groups in total. The lowest BCUT2D eigenvalue weighted by atomic mass is 10.1. The Morgan fingerprint density at radius 1 is 0.938 bits per heavy atom. The van der Waals surface area contributed by atoms with Gasteiger partial charge in [0.15, 0.2) is 5.82 Å². The number of para-hydroxylation sites is 1. The molecule has 162 valence electrons. The van der Waals surface area contributed by atoms with Crippen molar-refractivity contribution in [3.05, 3.63) is 77.9 Å². The second-order valence-corrected chi connectivity index (χ2v) is 7.12. The highest BCUT2D eigenvalue weighted by atomic mass is 16.5. The van der Waals surface area contributed by atoms with Crippen LogP contribution in [0.15, 0.2) is 60.9 Å². The smallest absolute Gasteiger partial charge is 0.155 e. The molecular weight excluding hydrogens is 404 g/mol. The SMILES string of the molecule is COc1cc(/C=C/c2nc(NCCc3ccncc3)c3cccc(O)c3n2)cc(OC)c1. The van der Waals surface area contributed by atoms with Crippen molar-refractivity contribution in [3.8, 4) is 17.2 Å². The summed E-state index contributed by atoms with van der Waals surface area (Å²) in [6.45, 7) is 0.683. The minimum Gasteiger partial charge on any atom is -0.506 e. The molecular formula is C25H24N4O3. The second kappa shape index (κ2) is 9.78. The van der Waals surface area contributed by atoms with Gasteiger partial charge >= 0.3 is 0 Å². The first-order valence-electron chi connectivity index (χ1n) is 10.2. The molecule has 0 radical (unpaired) electrons. The van der Waals surface area contributed by atoms with Gasteiger partial charge in [0.2, 0.25) is 0 Å². The van der Waals surface area contributed by atoms with Gasteiger partial charge in [-0.3, -0.25) is 4.98 Å². The first-order valence-corrected chi connectivity index (χ1v) is 10.2. The lowest BCUT2D eigenvalue weighted by molar-refractivity contribution is 0.394. The maximum Gasteiger partial charge on any atom is 0.155 e. The Kier molecular flexibility index (Phi) is 6.46. The molecule has 0 saturated heterocycles. The summed E-state index contributed by atoms with van der Waals surface area (Å²) in [5, 5.41) is 14.5. The Morgan fingerprint density at radius 2 is 1.69 bits per heavy atom. The monoisotopic (exact) mass is 428 g/mol. The molecule has 0 aliphatic rings. The quantitative estimate of drug-likeness (QED) is 0.425. The minimum atomic E-state index is 0.111. The van der Waals surface area contributed by atoms with Crippen molar-refractivity contribution in [1.82, 2.24) is 15.0 Å². The lowest BCUT2D eigenvalue weighted by Crippen LogP contribution is -2.08. The van der Waals surface area contributed by atoms with E-state index < -0.39 is 0 Å². The molecule has 4 aromatic rings. The Bertz CT molecular complexity index is 1220. The molecule has 0 aliphatic heterocycles. The van der Waals surface area contributed by atoms with E-state index in [-0.39, 0.29) is 5.75 Å². The molecule has 0 fully saturated rings. The highest BCUT2D eigenvalue weighted by Crippen LogP contribution is 2.28. The number of aromatic nitrogens is 3. The van der Waals surface area contributed by atoms with Crippen LogP contribution in [0.2, 0.25) is 0 Å². The van der Waals surface area contributed by atoms with Gasteiger partial charge in [0.1, 0.15) is 28.6 Å². The Labute approximate surface area is 186 Å². The fraction of sp³-hybridized carbons (Fsp3) is 0.160. The van der Waals surface area contributed by atoms with Crippen LogP contribution in [0.25, 0.3) is 23.1 Å². The molecule has 0 saturated carbocycles.